The van der Waals surface area contributed by atoms with Crippen LogP contribution in [0.1, 0.15) is 30.9 Å². The molecule has 4 aromatic rings. The van der Waals surface area contributed by atoms with Crippen LogP contribution in [-0.2, 0) is 4.79 Å². The molecule has 1 aliphatic rings. The highest BCUT2D eigenvalue weighted by molar-refractivity contribution is 5.94. The molecule has 0 unspecified atom stereocenters. The molecule has 7 nitrogen and oxygen atoms in total. The molecule has 0 radical (unpaired) electrons. The summed E-state index contributed by atoms with van der Waals surface area (Å²) in [7, 11) is 1.37. The van der Waals surface area contributed by atoms with Crippen LogP contribution in [0.2, 0.25) is 0 Å². The molecule has 5 rings (SSSR count). The van der Waals surface area contributed by atoms with Gasteiger partial charge in [0, 0.05) is 36.4 Å². The fourth-order valence-electron chi connectivity index (χ4n) is 4.77. The van der Waals surface area contributed by atoms with Gasteiger partial charge < -0.3 is 14.4 Å². The van der Waals surface area contributed by atoms with Crippen molar-refractivity contribution < 1.29 is 27.4 Å². The maximum Gasteiger partial charge on any atom is 0.267 e. The van der Waals surface area contributed by atoms with Crippen LogP contribution in [0.3, 0.4) is 0 Å². The van der Waals surface area contributed by atoms with Gasteiger partial charge in [-0.2, -0.15) is 9.49 Å². The first-order valence-electron chi connectivity index (χ1n) is 12.1. The largest absolute Gasteiger partial charge is 0.494 e. The molecule has 3 heterocycles. The monoisotopic (exact) mass is 522 g/mol. The van der Waals surface area contributed by atoms with E-state index >= 15 is 0 Å². The summed E-state index contributed by atoms with van der Waals surface area (Å²) in [6.45, 7) is 4.47. The van der Waals surface area contributed by atoms with E-state index in [2.05, 4.69) is 11.6 Å². The minimum Gasteiger partial charge on any atom is -0.494 e. The van der Waals surface area contributed by atoms with Gasteiger partial charge in [-0.05, 0) is 55.3 Å². The summed E-state index contributed by atoms with van der Waals surface area (Å²) in [5, 5.41) is 5.23. The second-order valence-electron chi connectivity index (χ2n) is 8.90. The number of likely N-dealkylation sites (tertiary alicyclic amines) is 1. The van der Waals surface area contributed by atoms with Gasteiger partial charge in [-0.3, -0.25) is 14.5 Å². The van der Waals surface area contributed by atoms with Crippen molar-refractivity contribution in [2.24, 2.45) is 0 Å². The number of carbonyl (C=O) groups is 1. The van der Waals surface area contributed by atoms with Crippen molar-refractivity contribution in [3.8, 4) is 28.5 Å². The highest BCUT2D eigenvalue weighted by Crippen LogP contribution is 2.37. The van der Waals surface area contributed by atoms with E-state index in [0.29, 0.717) is 53.8 Å². The Morgan fingerprint density at radius 3 is 2.63 bits per heavy atom. The first-order valence-corrected chi connectivity index (χ1v) is 12.1. The van der Waals surface area contributed by atoms with Crippen LogP contribution in [0.25, 0.3) is 22.2 Å². The van der Waals surface area contributed by atoms with Crippen LogP contribution in [0.5, 0.6) is 17.2 Å². The van der Waals surface area contributed by atoms with Gasteiger partial charge in [-0.25, -0.2) is 8.78 Å². The number of nitrogens with zero attached hydrogens (tertiary/aromatic N) is 4. The Labute approximate surface area is 217 Å². The smallest absolute Gasteiger partial charge is 0.267 e. The van der Waals surface area contributed by atoms with E-state index in [1.165, 1.54) is 31.5 Å². The van der Waals surface area contributed by atoms with Gasteiger partial charge in [-0.1, -0.05) is 12.6 Å². The van der Waals surface area contributed by atoms with Crippen LogP contribution >= 0.6 is 0 Å². The van der Waals surface area contributed by atoms with Gasteiger partial charge in [0.05, 0.1) is 24.2 Å². The highest BCUT2D eigenvalue weighted by atomic mass is 19.3. The van der Waals surface area contributed by atoms with E-state index in [-0.39, 0.29) is 29.0 Å². The lowest BCUT2D eigenvalue weighted by Crippen LogP contribution is -2.40. The number of hydrogen-bond donors (Lipinski definition) is 0. The summed E-state index contributed by atoms with van der Waals surface area (Å²) in [5.41, 5.74) is 1.19. The molecule has 1 fully saturated rings. The molecular formula is C28H25F3N4O3. The van der Waals surface area contributed by atoms with Crippen molar-refractivity contribution in [3.63, 3.8) is 0 Å². The fourth-order valence-corrected chi connectivity index (χ4v) is 4.77. The molecule has 2 aromatic carbocycles. The third-order valence-corrected chi connectivity index (χ3v) is 6.60. The molecule has 0 bridgehead atoms. The summed E-state index contributed by atoms with van der Waals surface area (Å²) in [4.78, 5) is 17.9. The average Bonchev–Trinajstić information content (AvgIpc) is 3.34. The van der Waals surface area contributed by atoms with Gasteiger partial charge in [-0.15, -0.1) is 0 Å². The SMILES string of the molecule is C=CC(=O)N1CCC[C@@H](n2nc(-c3ccc(Oc4cccc(OC)c4F)cc3)c3cncc(C(F)F)c32)C1. The van der Waals surface area contributed by atoms with E-state index in [9.17, 15) is 18.0 Å². The molecule has 1 aliphatic heterocycles. The van der Waals surface area contributed by atoms with Gasteiger partial charge in [0.1, 0.15) is 11.4 Å². The summed E-state index contributed by atoms with van der Waals surface area (Å²) in [6, 6.07) is 11.1. The lowest BCUT2D eigenvalue weighted by Gasteiger charge is -2.32. The molecule has 196 valence electrons. The molecule has 2 aromatic heterocycles. The summed E-state index contributed by atoms with van der Waals surface area (Å²) >= 11 is 0. The van der Waals surface area contributed by atoms with Crippen LogP contribution in [0.4, 0.5) is 13.2 Å². The number of hydrogen-bond acceptors (Lipinski definition) is 5. The third-order valence-electron chi connectivity index (χ3n) is 6.60. The van der Waals surface area contributed by atoms with Crippen LogP contribution in [-0.4, -0.2) is 45.8 Å². The molecule has 0 N–H and O–H groups in total. The van der Waals surface area contributed by atoms with Crippen LogP contribution in [0.15, 0.2) is 67.5 Å². The zero-order valence-corrected chi connectivity index (χ0v) is 20.6. The lowest BCUT2D eigenvalue weighted by molar-refractivity contribution is -0.127. The van der Waals surface area contributed by atoms with E-state index in [4.69, 9.17) is 14.6 Å². The van der Waals surface area contributed by atoms with Crippen molar-refractivity contribution in [2.45, 2.75) is 25.3 Å². The molecule has 1 saturated heterocycles. The fraction of sp³-hybridized carbons (Fsp3) is 0.250. The van der Waals surface area contributed by atoms with Crippen molar-refractivity contribution in [1.82, 2.24) is 19.7 Å². The number of fused-ring (bicyclic) bond motifs is 1. The number of benzene rings is 2. The third kappa shape index (κ3) is 4.69. The Bertz CT molecular complexity index is 1490. The molecular weight excluding hydrogens is 497 g/mol. The number of aromatic nitrogens is 3. The summed E-state index contributed by atoms with van der Waals surface area (Å²) < 4.78 is 54.9. The predicted octanol–water partition coefficient (Wildman–Crippen LogP) is 6.33. The molecule has 1 amide bonds. The van der Waals surface area contributed by atoms with Crippen LogP contribution < -0.4 is 9.47 Å². The second-order valence-corrected chi connectivity index (χ2v) is 8.90. The van der Waals surface area contributed by atoms with E-state index in [0.717, 1.165) is 6.20 Å². The van der Waals surface area contributed by atoms with E-state index < -0.39 is 12.2 Å². The Kier molecular flexibility index (Phi) is 7.04. The van der Waals surface area contributed by atoms with Crippen molar-refractivity contribution in [1.29, 1.82) is 0 Å². The van der Waals surface area contributed by atoms with Crippen molar-refractivity contribution in [3.05, 3.63) is 78.9 Å². The highest BCUT2D eigenvalue weighted by Gasteiger charge is 2.29. The number of rotatable bonds is 7. The van der Waals surface area contributed by atoms with E-state index in [1.54, 1.807) is 39.9 Å². The van der Waals surface area contributed by atoms with Gasteiger partial charge in [0.2, 0.25) is 11.7 Å². The second kappa shape index (κ2) is 10.6. The summed E-state index contributed by atoms with van der Waals surface area (Å²) in [5.74, 6) is -0.374. The Hall–Kier alpha value is -4.34. The minimum absolute atomic E-state index is 0.00790. The zero-order chi connectivity index (χ0) is 26.8. The first kappa shape index (κ1) is 25.3. The normalized spacial score (nSPS) is 15.6. The number of methoxy groups -OCH3 is 1. The first-order chi connectivity index (χ1) is 18.4. The summed E-state index contributed by atoms with van der Waals surface area (Å²) in [6.07, 6.45) is 2.57. The number of amides is 1. The molecule has 0 aliphatic carbocycles. The molecule has 38 heavy (non-hydrogen) atoms. The Morgan fingerprint density at radius 1 is 1.16 bits per heavy atom. The van der Waals surface area contributed by atoms with Gasteiger partial charge >= 0.3 is 0 Å². The Morgan fingerprint density at radius 2 is 1.92 bits per heavy atom. The maximum absolute atomic E-state index is 14.5. The van der Waals surface area contributed by atoms with E-state index in [1.807, 2.05) is 0 Å². The number of ether oxygens (including phenoxy) is 2. The van der Waals surface area contributed by atoms with Crippen LogP contribution in [0, 0.1) is 5.82 Å². The Balaban J connectivity index is 1.52. The minimum atomic E-state index is -2.75. The van der Waals surface area contributed by atoms with Crippen molar-refractivity contribution in [2.75, 3.05) is 20.2 Å². The number of alkyl halides is 2. The maximum atomic E-state index is 14.5. The average molecular weight is 523 g/mol. The van der Waals surface area contributed by atoms with Gasteiger partial charge in [0.25, 0.3) is 6.43 Å². The van der Waals surface area contributed by atoms with Gasteiger partial charge in [0.15, 0.2) is 11.5 Å². The number of piperidine rings is 1. The quantitative estimate of drug-likeness (QED) is 0.266. The standard InChI is InChI=1S/C28H25F3N4O3/c1-3-24(36)34-13-5-6-18(16-34)35-27-20(14-32-15-21(27)28(30)31)26(33-35)17-9-11-19(12-10-17)38-23-8-4-7-22(37-2)25(23)29/h3-4,7-12,14-15,18,28H,1,5-6,13,16H2,2H3/t18-/m1/s1. The number of pyridine rings is 1. The molecule has 1 atom stereocenters. The predicted molar refractivity (Wildman–Crippen MR) is 136 cm³/mol. The molecule has 0 spiro atoms. The zero-order valence-electron chi connectivity index (χ0n) is 20.6. The molecule has 0 saturated carbocycles. The number of halogens is 3. The topological polar surface area (TPSA) is 69.5 Å². The van der Waals surface area contributed by atoms with Crippen molar-refractivity contribution >= 4 is 16.8 Å². The number of carbonyl (C=O) groups excluding carboxylic acids is 1. The molecule has 10 heteroatoms. The lowest BCUT2D eigenvalue weighted by atomic mass is 10.0.